The van der Waals surface area contributed by atoms with Crippen molar-refractivity contribution >= 4 is 5.97 Å². The number of aromatic nitrogens is 3. The summed E-state index contributed by atoms with van der Waals surface area (Å²) in [5.74, 6) is 0.509. The molecule has 0 saturated carbocycles. The summed E-state index contributed by atoms with van der Waals surface area (Å²) in [6, 6.07) is 1.77. The van der Waals surface area contributed by atoms with Crippen LogP contribution in [0.25, 0.3) is 0 Å². The third kappa shape index (κ3) is 3.04. The summed E-state index contributed by atoms with van der Waals surface area (Å²) in [6.45, 7) is 5.89. The third-order valence-electron chi connectivity index (χ3n) is 3.06. The van der Waals surface area contributed by atoms with E-state index in [2.05, 4.69) is 9.97 Å². The summed E-state index contributed by atoms with van der Waals surface area (Å²) < 4.78 is 7.48. The molecule has 0 aliphatic rings. The van der Waals surface area contributed by atoms with Gasteiger partial charge >= 0.3 is 5.97 Å². The molecular weight excluding hydrogens is 254 g/mol. The predicted octanol–water partition coefficient (Wildman–Crippen LogP) is 2.68. The van der Waals surface area contributed by atoms with Crippen molar-refractivity contribution in [3.05, 3.63) is 47.8 Å². The Balaban J connectivity index is 2.21. The molecule has 1 unspecified atom stereocenters. The quantitative estimate of drug-likeness (QED) is 0.804. The van der Waals surface area contributed by atoms with E-state index in [0.29, 0.717) is 5.56 Å². The van der Waals surface area contributed by atoms with Gasteiger partial charge in [-0.25, -0.2) is 9.78 Å². The molecule has 2 rings (SSSR count). The monoisotopic (exact) mass is 273 g/mol. The Labute approximate surface area is 118 Å². The number of imidazole rings is 1. The van der Waals surface area contributed by atoms with Gasteiger partial charge < -0.3 is 9.30 Å². The standard InChI is InChI=1S/C15H19N3O2/c1-10(2)13(14-17-5-6-18(14)4)20-15(19)12-7-11(3)8-16-9-12/h5-10,13H,1-4H3. The first-order chi connectivity index (χ1) is 9.49. The Morgan fingerprint density at radius 3 is 2.65 bits per heavy atom. The van der Waals surface area contributed by atoms with Crippen molar-refractivity contribution in [1.29, 1.82) is 0 Å². The molecule has 0 aliphatic heterocycles. The molecule has 1 atom stereocenters. The number of pyridine rings is 1. The Morgan fingerprint density at radius 1 is 1.35 bits per heavy atom. The zero-order valence-electron chi connectivity index (χ0n) is 12.2. The molecule has 0 saturated heterocycles. The van der Waals surface area contributed by atoms with Crippen molar-refractivity contribution in [2.75, 3.05) is 0 Å². The number of aryl methyl sites for hydroxylation is 2. The molecule has 20 heavy (non-hydrogen) atoms. The van der Waals surface area contributed by atoms with Gasteiger partial charge in [-0.15, -0.1) is 0 Å². The Morgan fingerprint density at radius 2 is 2.10 bits per heavy atom. The minimum atomic E-state index is -0.372. The summed E-state index contributed by atoms with van der Waals surface area (Å²) in [6.07, 6.45) is 6.39. The second-order valence-corrected chi connectivity index (χ2v) is 5.22. The lowest BCUT2D eigenvalue weighted by molar-refractivity contribution is 0.0141. The molecule has 2 aromatic rings. The lowest BCUT2D eigenvalue weighted by atomic mass is 10.1. The van der Waals surface area contributed by atoms with Gasteiger partial charge in [0.25, 0.3) is 0 Å². The average molecular weight is 273 g/mol. The largest absolute Gasteiger partial charge is 0.450 e. The van der Waals surface area contributed by atoms with Crippen molar-refractivity contribution in [2.24, 2.45) is 13.0 Å². The van der Waals surface area contributed by atoms with E-state index < -0.39 is 0 Å². The van der Waals surface area contributed by atoms with E-state index >= 15 is 0 Å². The van der Waals surface area contributed by atoms with Gasteiger partial charge in [0.2, 0.25) is 0 Å². The average Bonchev–Trinajstić information content (AvgIpc) is 2.81. The normalized spacial score (nSPS) is 12.4. The fourth-order valence-electron chi connectivity index (χ4n) is 1.99. The summed E-state index contributed by atoms with van der Waals surface area (Å²) in [5, 5.41) is 0. The molecule has 0 fully saturated rings. The number of hydrogen-bond acceptors (Lipinski definition) is 4. The van der Waals surface area contributed by atoms with E-state index in [9.17, 15) is 4.79 Å². The number of nitrogens with zero attached hydrogens (tertiary/aromatic N) is 3. The summed E-state index contributed by atoms with van der Waals surface area (Å²) in [7, 11) is 1.89. The van der Waals surface area contributed by atoms with E-state index in [1.165, 1.54) is 6.20 Å². The van der Waals surface area contributed by atoms with E-state index in [0.717, 1.165) is 11.4 Å². The van der Waals surface area contributed by atoms with E-state index in [-0.39, 0.29) is 18.0 Å². The lowest BCUT2D eigenvalue weighted by Crippen LogP contribution is -2.19. The molecule has 5 nitrogen and oxygen atoms in total. The van der Waals surface area contributed by atoms with Crippen LogP contribution in [-0.4, -0.2) is 20.5 Å². The summed E-state index contributed by atoms with van der Waals surface area (Å²) in [5.41, 5.74) is 1.39. The zero-order valence-corrected chi connectivity index (χ0v) is 12.2. The van der Waals surface area contributed by atoms with Crippen LogP contribution in [0.3, 0.4) is 0 Å². The van der Waals surface area contributed by atoms with Gasteiger partial charge in [-0.05, 0) is 24.5 Å². The molecule has 2 heterocycles. The second-order valence-electron chi connectivity index (χ2n) is 5.22. The molecule has 2 aromatic heterocycles. The Kier molecular flexibility index (Phi) is 4.17. The SMILES string of the molecule is Cc1cncc(C(=O)OC(c2nccn2C)C(C)C)c1. The second kappa shape index (κ2) is 5.86. The highest BCUT2D eigenvalue weighted by Gasteiger charge is 2.25. The fourth-order valence-corrected chi connectivity index (χ4v) is 1.99. The van der Waals surface area contributed by atoms with Crippen LogP contribution in [0.15, 0.2) is 30.9 Å². The van der Waals surface area contributed by atoms with Crippen molar-refractivity contribution in [1.82, 2.24) is 14.5 Å². The first-order valence-corrected chi connectivity index (χ1v) is 6.59. The summed E-state index contributed by atoms with van der Waals surface area (Å²) in [4.78, 5) is 20.5. The van der Waals surface area contributed by atoms with Gasteiger partial charge in [-0.1, -0.05) is 13.8 Å². The topological polar surface area (TPSA) is 57.0 Å². The number of carbonyl (C=O) groups is 1. The van der Waals surface area contributed by atoms with Crippen LogP contribution in [0.2, 0.25) is 0 Å². The molecule has 0 aromatic carbocycles. The van der Waals surface area contributed by atoms with Crippen LogP contribution in [0.1, 0.15) is 41.7 Å². The van der Waals surface area contributed by atoms with E-state index in [1.54, 1.807) is 18.5 Å². The molecule has 5 heteroatoms. The number of rotatable bonds is 4. The van der Waals surface area contributed by atoms with Gasteiger partial charge in [-0.2, -0.15) is 0 Å². The van der Waals surface area contributed by atoms with Crippen LogP contribution in [-0.2, 0) is 11.8 Å². The molecule has 0 amide bonds. The number of ether oxygens (including phenoxy) is 1. The van der Waals surface area contributed by atoms with Crippen molar-refractivity contribution < 1.29 is 9.53 Å². The van der Waals surface area contributed by atoms with Crippen LogP contribution < -0.4 is 0 Å². The van der Waals surface area contributed by atoms with Crippen LogP contribution in [0.4, 0.5) is 0 Å². The van der Waals surface area contributed by atoms with Crippen molar-refractivity contribution in [2.45, 2.75) is 26.9 Å². The third-order valence-corrected chi connectivity index (χ3v) is 3.06. The maximum Gasteiger partial charge on any atom is 0.340 e. The van der Waals surface area contributed by atoms with E-state index in [1.807, 2.05) is 38.6 Å². The molecule has 0 N–H and O–H groups in total. The number of esters is 1. The first-order valence-electron chi connectivity index (χ1n) is 6.59. The van der Waals surface area contributed by atoms with Gasteiger partial charge in [-0.3, -0.25) is 4.98 Å². The van der Waals surface area contributed by atoms with Gasteiger partial charge in [0, 0.05) is 31.8 Å². The lowest BCUT2D eigenvalue weighted by Gasteiger charge is -2.21. The molecule has 0 radical (unpaired) electrons. The van der Waals surface area contributed by atoms with Crippen LogP contribution in [0, 0.1) is 12.8 Å². The minimum Gasteiger partial charge on any atom is -0.450 e. The summed E-state index contributed by atoms with van der Waals surface area (Å²) >= 11 is 0. The first kappa shape index (κ1) is 14.2. The van der Waals surface area contributed by atoms with Crippen molar-refractivity contribution in [3.8, 4) is 0 Å². The molecule has 0 bridgehead atoms. The maximum atomic E-state index is 12.2. The molecule has 0 aliphatic carbocycles. The Bertz CT molecular complexity index is 605. The van der Waals surface area contributed by atoms with Crippen LogP contribution >= 0.6 is 0 Å². The van der Waals surface area contributed by atoms with E-state index in [4.69, 9.17) is 4.74 Å². The highest BCUT2D eigenvalue weighted by Crippen LogP contribution is 2.25. The number of hydrogen-bond donors (Lipinski definition) is 0. The molecular formula is C15H19N3O2. The van der Waals surface area contributed by atoms with Gasteiger partial charge in [0.05, 0.1) is 5.56 Å². The van der Waals surface area contributed by atoms with Crippen LogP contribution in [0.5, 0.6) is 0 Å². The highest BCUT2D eigenvalue weighted by atomic mass is 16.5. The highest BCUT2D eigenvalue weighted by molar-refractivity contribution is 5.89. The maximum absolute atomic E-state index is 12.2. The number of carbonyl (C=O) groups excluding carboxylic acids is 1. The van der Waals surface area contributed by atoms with Crippen molar-refractivity contribution in [3.63, 3.8) is 0 Å². The van der Waals surface area contributed by atoms with Gasteiger partial charge in [0.15, 0.2) is 6.10 Å². The molecule has 0 spiro atoms. The predicted molar refractivity (Wildman–Crippen MR) is 75.2 cm³/mol. The fraction of sp³-hybridized carbons (Fsp3) is 0.400. The van der Waals surface area contributed by atoms with Gasteiger partial charge in [0.1, 0.15) is 5.82 Å². The molecule has 106 valence electrons. The zero-order chi connectivity index (χ0) is 14.7. The minimum absolute atomic E-state index is 0.137. The Hall–Kier alpha value is -2.17. The smallest absolute Gasteiger partial charge is 0.340 e.